The molecular formula is C10H13N3O2. The molecule has 0 saturated carbocycles. The van der Waals surface area contributed by atoms with E-state index in [4.69, 9.17) is 0 Å². The van der Waals surface area contributed by atoms with Crippen LogP contribution in [0.1, 0.15) is 13.8 Å². The molecule has 1 rings (SSSR count). The maximum Gasteiger partial charge on any atom is 0.236 e. The second-order valence-corrected chi connectivity index (χ2v) is 3.01. The number of para-hydroxylation sites is 1. The first-order chi connectivity index (χ1) is 7.09. The highest BCUT2D eigenvalue weighted by molar-refractivity contribution is 5.79. The molecule has 0 unspecified atom stereocenters. The molecule has 5 nitrogen and oxygen atoms in total. The van der Waals surface area contributed by atoms with E-state index in [1.165, 1.54) is 19.0 Å². The van der Waals surface area contributed by atoms with E-state index in [0.717, 1.165) is 0 Å². The first-order valence-electron chi connectivity index (χ1n) is 4.49. The minimum absolute atomic E-state index is 0.257. The molecule has 1 aromatic carbocycles. The fourth-order valence-corrected chi connectivity index (χ4v) is 1.05. The van der Waals surface area contributed by atoms with Gasteiger partial charge < -0.3 is 0 Å². The first kappa shape index (κ1) is 11.0. The highest BCUT2D eigenvalue weighted by atomic mass is 16.2. The molecule has 0 bridgehead atoms. The Kier molecular flexibility index (Phi) is 3.68. The molecule has 0 aliphatic carbocycles. The summed E-state index contributed by atoms with van der Waals surface area (Å²) in [5, 5.41) is 1.28. The molecule has 0 radical (unpaired) electrons. The number of amides is 2. The summed E-state index contributed by atoms with van der Waals surface area (Å²) < 4.78 is 0. The van der Waals surface area contributed by atoms with Crippen molar-refractivity contribution >= 4 is 17.5 Å². The van der Waals surface area contributed by atoms with Gasteiger partial charge in [-0.3, -0.25) is 9.59 Å². The molecule has 2 amide bonds. The van der Waals surface area contributed by atoms with E-state index in [1.54, 1.807) is 12.1 Å². The zero-order valence-electron chi connectivity index (χ0n) is 8.65. The molecule has 15 heavy (non-hydrogen) atoms. The largest absolute Gasteiger partial charge is 0.274 e. The van der Waals surface area contributed by atoms with E-state index in [0.29, 0.717) is 5.69 Å². The van der Waals surface area contributed by atoms with Crippen LogP contribution in [-0.2, 0) is 9.59 Å². The fourth-order valence-electron chi connectivity index (χ4n) is 1.05. The number of benzene rings is 1. The average Bonchev–Trinajstić information content (AvgIpc) is 2.17. The molecule has 0 aliphatic heterocycles. The van der Waals surface area contributed by atoms with E-state index in [-0.39, 0.29) is 11.8 Å². The van der Waals surface area contributed by atoms with Gasteiger partial charge in [0.1, 0.15) is 0 Å². The van der Waals surface area contributed by atoms with Crippen LogP contribution in [0.5, 0.6) is 0 Å². The van der Waals surface area contributed by atoms with Crippen LogP contribution in [0.3, 0.4) is 0 Å². The lowest BCUT2D eigenvalue weighted by molar-refractivity contribution is -0.121. The van der Waals surface area contributed by atoms with Crippen molar-refractivity contribution in [3.05, 3.63) is 30.3 Å². The van der Waals surface area contributed by atoms with Crippen LogP contribution >= 0.6 is 0 Å². The number of hydrogen-bond acceptors (Lipinski definition) is 3. The second kappa shape index (κ2) is 4.99. The van der Waals surface area contributed by atoms with Gasteiger partial charge in [-0.05, 0) is 12.1 Å². The van der Waals surface area contributed by atoms with Crippen molar-refractivity contribution in [2.45, 2.75) is 13.8 Å². The van der Waals surface area contributed by atoms with Crippen LogP contribution in [0.15, 0.2) is 30.3 Å². The van der Waals surface area contributed by atoms with E-state index >= 15 is 0 Å². The van der Waals surface area contributed by atoms with Gasteiger partial charge in [0.2, 0.25) is 11.8 Å². The van der Waals surface area contributed by atoms with Crippen LogP contribution in [0.4, 0.5) is 5.69 Å². The minimum Gasteiger partial charge on any atom is -0.274 e. The molecule has 0 saturated heterocycles. The maximum atomic E-state index is 10.9. The quantitative estimate of drug-likeness (QED) is 0.713. The summed E-state index contributed by atoms with van der Waals surface area (Å²) >= 11 is 0. The molecular weight excluding hydrogens is 194 g/mol. The van der Waals surface area contributed by atoms with Crippen molar-refractivity contribution in [1.82, 2.24) is 10.9 Å². The van der Waals surface area contributed by atoms with Gasteiger partial charge in [-0.1, -0.05) is 18.2 Å². The zero-order chi connectivity index (χ0) is 11.3. The van der Waals surface area contributed by atoms with Crippen molar-refractivity contribution < 1.29 is 9.59 Å². The van der Waals surface area contributed by atoms with Gasteiger partial charge in [-0.2, -0.15) is 5.12 Å². The van der Waals surface area contributed by atoms with Gasteiger partial charge in [-0.25, -0.2) is 10.9 Å². The summed E-state index contributed by atoms with van der Waals surface area (Å²) in [5.41, 5.74) is 5.66. The third kappa shape index (κ3) is 3.68. The number of nitrogens with one attached hydrogen (secondary N) is 2. The lowest BCUT2D eigenvalue weighted by atomic mass is 10.3. The maximum absolute atomic E-state index is 10.9. The van der Waals surface area contributed by atoms with Gasteiger partial charge in [0, 0.05) is 13.8 Å². The number of nitrogens with zero attached hydrogens (tertiary/aromatic N) is 1. The number of hydrazine groups is 2. The van der Waals surface area contributed by atoms with Crippen molar-refractivity contribution in [1.29, 1.82) is 0 Å². The minimum atomic E-state index is -0.257. The van der Waals surface area contributed by atoms with Crippen LogP contribution in [0, 0.1) is 0 Å². The Labute approximate surface area is 88.0 Å². The van der Waals surface area contributed by atoms with Crippen molar-refractivity contribution in [2.24, 2.45) is 0 Å². The Bertz CT molecular complexity index is 335. The summed E-state index contributed by atoms with van der Waals surface area (Å²) in [7, 11) is 0. The summed E-state index contributed by atoms with van der Waals surface area (Å²) in [4.78, 5) is 21.8. The summed E-state index contributed by atoms with van der Waals surface area (Å²) in [5.74, 6) is -0.514. The number of anilines is 1. The number of rotatable bonds is 3. The van der Waals surface area contributed by atoms with Crippen LogP contribution < -0.4 is 16.0 Å². The highest BCUT2D eigenvalue weighted by Crippen LogP contribution is 2.08. The SMILES string of the molecule is CC(=O)NN(NC(C)=O)c1ccccc1. The standard InChI is InChI=1S/C10H13N3O2/c1-8(14)11-13(12-9(2)15)10-6-4-3-5-7-10/h3-7H,1-2H3,(H,11,14)(H,12,15). The Hall–Kier alpha value is -2.04. The predicted molar refractivity (Wildman–Crippen MR) is 56.6 cm³/mol. The summed E-state index contributed by atoms with van der Waals surface area (Å²) in [6.07, 6.45) is 0. The summed E-state index contributed by atoms with van der Waals surface area (Å²) in [6, 6.07) is 9.01. The molecule has 0 fully saturated rings. The summed E-state index contributed by atoms with van der Waals surface area (Å²) in [6.45, 7) is 2.75. The normalized spacial score (nSPS) is 9.20. The molecule has 2 N–H and O–H groups in total. The predicted octanol–water partition coefficient (Wildman–Crippen LogP) is 0.595. The van der Waals surface area contributed by atoms with Gasteiger partial charge in [-0.15, -0.1) is 0 Å². The highest BCUT2D eigenvalue weighted by Gasteiger charge is 2.07. The first-order valence-corrected chi connectivity index (χ1v) is 4.49. The third-order valence-corrected chi connectivity index (χ3v) is 1.55. The van der Waals surface area contributed by atoms with Crippen LogP contribution in [0.25, 0.3) is 0 Å². The Morgan fingerprint density at radius 1 is 1.00 bits per heavy atom. The monoisotopic (exact) mass is 207 g/mol. The zero-order valence-corrected chi connectivity index (χ0v) is 8.65. The van der Waals surface area contributed by atoms with Crippen molar-refractivity contribution in [3.63, 3.8) is 0 Å². The number of carbonyl (C=O) groups is 2. The third-order valence-electron chi connectivity index (χ3n) is 1.55. The fraction of sp³-hybridized carbons (Fsp3) is 0.200. The Balaban J connectivity index is 2.81. The number of hydrogen-bond donors (Lipinski definition) is 2. The van der Waals surface area contributed by atoms with Gasteiger partial charge >= 0.3 is 0 Å². The van der Waals surface area contributed by atoms with E-state index in [1.807, 2.05) is 18.2 Å². The van der Waals surface area contributed by atoms with Crippen molar-refractivity contribution in [3.8, 4) is 0 Å². The van der Waals surface area contributed by atoms with Gasteiger partial charge in [0.25, 0.3) is 0 Å². The molecule has 0 spiro atoms. The lowest BCUT2D eigenvalue weighted by Crippen LogP contribution is -2.52. The Morgan fingerprint density at radius 2 is 1.47 bits per heavy atom. The topological polar surface area (TPSA) is 61.4 Å². The van der Waals surface area contributed by atoms with Crippen LogP contribution in [0.2, 0.25) is 0 Å². The van der Waals surface area contributed by atoms with E-state index in [9.17, 15) is 9.59 Å². The second-order valence-electron chi connectivity index (χ2n) is 3.01. The Morgan fingerprint density at radius 3 is 1.87 bits per heavy atom. The average molecular weight is 207 g/mol. The van der Waals surface area contributed by atoms with E-state index in [2.05, 4.69) is 10.9 Å². The molecule has 5 heteroatoms. The molecule has 0 aliphatic rings. The number of carbonyl (C=O) groups excluding carboxylic acids is 2. The van der Waals surface area contributed by atoms with Crippen LogP contribution in [-0.4, -0.2) is 11.8 Å². The molecule has 80 valence electrons. The van der Waals surface area contributed by atoms with Gasteiger partial charge in [0.05, 0.1) is 5.69 Å². The molecule has 0 aromatic heterocycles. The molecule has 1 aromatic rings. The lowest BCUT2D eigenvalue weighted by Gasteiger charge is -2.23. The van der Waals surface area contributed by atoms with Crippen molar-refractivity contribution in [2.75, 3.05) is 5.12 Å². The molecule has 0 atom stereocenters. The van der Waals surface area contributed by atoms with Gasteiger partial charge in [0.15, 0.2) is 0 Å². The smallest absolute Gasteiger partial charge is 0.236 e. The van der Waals surface area contributed by atoms with E-state index < -0.39 is 0 Å². The molecule has 0 heterocycles.